The number of fused-ring (bicyclic) bond motifs is 1. The Labute approximate surface area is 271 Å². The molecule has 44 heavy (non-hydrogen) atoms. The summed E-state index contributed by atoms with van der Waals surface area (Å²) in [5, 5.41) is 0. The normalized spacial score (nSPS) is 21.3. The molecule has 0 aromatic heterocycles. The standard InChI is InChI=1S/C21H22.C18H22.C3H8.C2H6/c1-5-20(19-12-7-6-8-13-19)17(3)15-18(4)21-14-10-9-11-16(21)2;1-5-12-18(4)13-8-9-14(2)15(3)16-10-6-7-11-17(16)18;1-3-2;1-2/h5-15H,4H2,1-3H3;5-10,12-13,17H,3,11H2,1-2,4H3;3H2,1-2H3;1-2H3/b17-15-,20-5+;12-5?,13-8-,14-9-;;. The van der Waals surface area contributed by atoms with E-state index >= 15 is 0 Å². The van der Waals surface area contributed by atoms with Crippen molar-refractivity contribution in [3.8, 4) is 0 Å². The predicted octanol–water partition coefficient (Wildman–Crippen LogP) is 13.6. The summed E-state index contributed by atoms with van der Waals surface area (Å²) in [4.78, 5) is 0. The molecule has 4 rings (SSSR count). The summed E-state index contributed by atoms with van der Waals surface area (Å²) in [6.45, 7) is 29.6. The number of hydrogen-bond acceptors (Lipinski definition) is 0. The summed E-state index contributed by atoms with van der Waals surface area (Å²) in [5.74, 6) is 0.492. The SMILES string of the molecule is C=C(/C=C(C)\C(=C/C)c1ccccc1)c1ccccc1C.C=C1C2=CC=CCC2C(C)(C=CC)/C=C\C=C/1C.CC.CCC. The molecule has 0 saturated carbocycles. The van der Waals surface area contributed by atoms with Gasteiger partial charge >= 0.3 is 0 Å². The average Bonchev–Trinajstić information content (AvgIpc) is 3.03. The first kappa shape index (κ1) is 38.1. The zero-order valence-corrected chi connectivity index (χ0v) is 29.4. The third-order valence-corrected chi connectivity index (χ3v) is 7.74. The molecule has 0 N–H and O–H groups in total. The number of hydrogen-bond donors (Lipinski definition) is 0. The van der Waals surface area contributed by atoms with Gasteiger partial charge in [-0.1, -0.05) is 170 Å². The van der Waals surface area contributed by atoms with Gasteiger partial charge in [-0.05, 0) is 91.2 Å². The maximum Gasteiger partial charge on any atom is 0.0107 e. The highest BCUT2D eigenvalue weighted by atomic mass is 14.4. The Morgan fingerprint density at radius 3 is 2.14 bits per heavy atom. The Hall–Kier alpha value is -3.90. The van der Waals surface area contributed by atoms with Crippen molar-refractivity contribution in [1.82, 2.24) is 0 Å². The van der Waals surface area contributed by atoms with Gasteiger partial charge in [0.2, 0.25) is 0 Å². The lowest BCUT2D eigenvalue weighted by molar-refractivity contribution is 0.377. The average molecular weight is 587 g/mol. The molecule has 0 heteroatoms. The van der Waals surface area contributed by atoms with E-state index in [1.165, 1.54) is 51.0 Å². The van der Waals surface area contributed by atoms with Crippen LogP contribution >= 0.6 is 0 Å². The molecule has 2 aromatic rings. The molecule has 0 aliphatic heterocycles. The van der Waals surface area contributed by atoms with Crippen LogP contribution < -0.4 is 0 Å². The molecule has 0 saturated heterocycles. The molecule has 2 aromatic carbocycles. The number of aryl methyl sites for hydroxylation is 1. The molecule has 0 nitrogen and oxygen atoms in total. The summed E-state index contributed by atoms with van der Waals surface area (Å²) in [6.07, 6.45) is 24.4. The first-order valence-electron chi connectivity index (χ1n) is 16.3. The Morgan fingerprint density at radius 1 is 0.932 bits per heavy atom. The van der Waals surface area contributed by atoms with Crippen molar-refractivity contribution >= 4 is 11.1 Å². The van der Waals surface area contributed by atoms with E-state index < -0.39 is 0 Å². The second-order valence-electron chi connectivity index (χ2n) is 11.3. The van der Waals surface area contributed by atoms with E-state index in [0.717, 1.165) is 12.0 Å². The van der Waals surface area contributed by atoms with E-state index in [2.05, 4.69) is 178 Å². The van der Waals surface area contributed by atoms with E-state index in [-0.39, 0.29) is 5.41 Å². The van der Waals surface area contributed by atoms with Crippen LogP contribution in [0.5, 0.6) is 0 Å². The summed E-state index contributed by atoms with van der Waals surface area (Å²) >= 11 is 0. The molecule has 0 heterocycles. The Morgan fingerprint density at radius 2 is 1.55 bits per heavy atom. The van der Waals surface area contributed by atoms with Crippen molar-refractivity contribution in [1.29, 1.82) is 0 Å². The van der Waals surface area contributed by atoms with Crippen LogP contribution in [0.25, 0.3) is 11.1 Å². The third-order valence-electron chi connectivity index (χ3n) is 7.74. The first-order chi connectivity index (χ1) is 21.1. The fraction of sp³-hybridized carbons (Fsp3) is 0.318. The Bertz CT molecular complexity index is 1410. The molecule has 0 bridgehead atoms. The van der Waals surface area contributed by atoms with Gasteiger partial charge in [-0.2, -0.15) is 0 Å². The van der Waals surface area contributed by atoms with Crippen molar-refractivity contribution in [2.45, 2.75) is 82.1 Å². The maximum absolute atomic E-state index is 4.28. The van der Waals surface area contributed by atoms with Crippen molar-refractivity contribution in [3.63, 3.8) is 0 Å². The number of benzene rings is 2. The molecule has 0 spiro atoms. The highest BCUT2D eigenvalue weighted by molar-refractivity contribution is 5.84. The van der Waals surface area contributed by atoms with Crippen LogP contribution in [0.15, 0.2) is 151 Å². The molecule has 0 fully saturated rings. The van der Waals surface area contributed by atoms with Gasteiger partial charge in [0, 0.05) is 11.3 Å². The molecule has 234 valence electrons. The van der Waals surface area contributed by atoms with E-state index in [1.807, 2.05) is 19.9 Å². The summed E-state index contributed by atoms with van der Waals surface area (Å²) < 4.78 is 0. The predicted molar refractivity (Wildman–Crippen MR) is 202 cm³/mol. The molecule has 2 aliphatic carbocycles. The van der Waals surface area contributed by atoms with Gasteiger partial charge in [-0.25, -0.2) is 0 Å². The minimum atomic E-state index is 0.0749. The second-order valence-corrected chi connectivity index (χ2v) is 11.3. The largest absolute Gasteiger partial charge is 0.0912 e. The monoisotopic (exact) mass is 586 g/mol. The number of allylic oxidation sites excluding steroid dienone is 16. The topological polar surface area (TPSA) is 0 Å². The minimum absolute atomic E-state index is 0.0749. The first-order valence-corrected chi connectivity index (χ1v) is 16.3. The van der Waals surface area contributed by atoms with Gasteiger partial charge < -0.3 is 0 Å². The van der Waals surface area contributed by atoms with Crippen molar-refractivity contribution in [2.24, 2.45) is 11.3 Å². The summed E-state index contributed by atoms with van der Waals surface area (Å²) in [5.41, 5.74) is 11.2. The van der Waals surface area contributed by atoms with E-state index in [1.54, 1.807) is 0 Å². The van der Waals surface area contributed by atoms with E-state index in [0.29, 0.717) is 5.92 Å². The fourth-order valence-corrected chi connectivity index (χ4v) is 5.49. The molecule has 0 amide bonds. The maximum atomic E-state index is 4.28. The van der Waals surface area contributed by atoms with Gasteiger partial charge in [0.05, 0.1) is 0 Å². The zero-order chi connectivity index (χ0) is 33.1. The molecule has 0 radical (unpaired) electrons. The van der Waals surface area contributed by atoms with Crippen molar-refractivity contribution in [2.75, 3.05) is 0 Å². The van der Waals surface area contributed by atoms with E-state index in [4.69, 9.17) is 0 Å². The molecule has 2 atom stereocenters. The lowest BCUT2D eigenvalue weighted by Gasteiger charge is -2.37. The van der Waals surface area contributed by atoms with Gasteiger partial charge in [-0.3, -0.25) is 0 Å². The van der Waals surface area contributed by atoms with Crippen LogP contribution in [-0.2, 0) is 0 Å². The highest BCUT2D eigenvalue weighted by Crippen LogP contribution is 2.44. The van der Waals surface area contributed by atoms with E-state index in [9.17, 15) is 0 Å². The minimum Gasteiger partial charge on any atom is -0.0912 e. The van der Waals surface area contributed by atoms with Crippen LogP contribution in [0.4, 0.5) is 0 Å². The van der Waals surface area contributed by atoms with Gasteiger partial charge in [-0.15, -0.1) is 0 Å². The van der Waals surface area contributed by atoms with Crippen LogP contribution in [-0.4, -0.2) is 0 Å². The quantitative estimate of drug-likeness (QED) is 0.241. The fourth-order valence-electron chi connectivity index (χ4n) is 5.49. The number of rotatable bonds is 5. The van der Waals surface area contributed by atoms with Gasteiger partial charge in [0.15, 0.2) is 0 Å². The molecular formula is C44H58. The van der Waals surface area contributed by atoms with Crippen LogP contribution in [0.2, 0.25) is 0 Å². The molecule has 2 unspecified atom stereocenters. The Balaban J connectivity index is 0.000000387. The van der Waals surface area contributed by atoms with Gasteiger partial charge in [0.1, 0.15) is 0 Å². The highest BCUT2D eigenvalue weighted by Gasteiger charge is 2.33. The van der Waals surface area contributed by atoms with Crippen LogP contribution in [0, 0.1) is 18.3 Å². The van der Waals surface area contributed by atoms with Crippen molar-refractivity contribution < 1.29 is 0 Å². The molecule has 2 aliphatic rings. The third kappa shape index (κ3) is 11.0. The molecular weight excluding hydrogens is 528 g/mol. The van der Waals surface area contributed by atoms with Crippen LogP contribution in [0.3, 0.4) is 0 Å². The Kier molecular flexibility index (Phi) is 17.4. The van der Waals surface area contributed by atoms with Crippen LogP contribution in [0.1, 0.15) is 91.8 Å². The lowest BCUT2D eigenvalue weighted by Crippen LogP contribution is -2.27. The smallest absolute Gasteiger partial charge is 0.0107 e. The summed E-state index contributed by atoms with van der Waals surface area (Å²) in [7, 11) is 0. The van der Waals surface area contributed by atoms with Gasteiger partial charge in [0.25, 0.3) is 0 Å². The summed E-state index contributed by atoms with van der Waals surface area (Å²) in [6, 6.07) is 18.8. The second kappa shape index (κ2) is 20.1. The van der Waals surface area contributed by atoms with Crippen molar-refractivity contribution in [3.05, 3.63) is 167 Å². The lowest BCUT2D eigenvalue weighted by atomic mass is 9.66. The zero-order valence-electron chi connectivity index (χ0n) is 29.4.